The van der Waals surface area contributed by atoms with E-state index in [1.54, 1.807) is 18.2 Å². The zero-order valence-corrected chi connectivity index (χ0v) is 17.9. The highest BCUT2D eigenvalue weighted by atomic mass is 32.2. The number of hydrogen-bond donors (Lipinski definition) is 1. The Hall–Kier alpha value is -4.10. The number of para-hydroxylation sites is 1. The van der Waals surface area contributed by atoms with Gasteiger partial charge in [0.05, 0.1) is 5.69 Å². The number of aromatic hydroxyl groups is 1. The first-order valence-corrected chi connectivity index (χ1v) is 10.8. The molecule has 0 saturated carbocycles. The van der Waals surface area contributed by atoms with Crippen LogP contribution in [0.2, 0.25) is 0 Å². The van der Waals surface area contributed by atoms with Crippen molar-refractivity contribution in [1.29, 1.82) is 0 Å². The Bertz CT molecular complexity index is 1580. The average Bonchev–Trinajstić information content (AvgIpc) is 2.83. The van der Waals surface area contributed by atoms with Gasteiger partial charge in [-0.2, -0.15) is 0 Å². The normalized spacial score (nSPS) is 11.1. The van der Waals surface area contributed by atoms with E-state index in [-0.39, 0.29) is 15.9 Å². The van der Waals surface area contributed by atoms with Crippen molar-refractivity contribution in [2.24, 2.45) is 0 Å². The van der Waals surface area contributed by atoms with E-state index in [4.69, 9.17) is 4.42 Å². The highest BCUT2D eigenvalue weighted by Crippen LogP contribution is 2.36. The van der Waals surface area contributed by atoms with Crippen LogP contribution in [0.15, 0.2) is 115 Å². The fourth-order valence-corrected chi connectivity index (χ4v) is 4.44. The lowest BCUT2D eigenvalue weighted by Gasteiger charge is -2.15. The first-order valence-electron chi connectivity index (χ1n) is 10.0. The number of fused-ring (bicyclic) bond motifs is 1. The lowest BCUT2D eigenvalue weighted by atomic mass is 10.1. The molecular formula is C26H16FNO4S. The van der Waals surface area contributed by atoms with Crippen molar-refractivity contribution in [2.45, 2.75) is 9.79 Å². The Kier molecular flexibility index (Phi) is 5.32. The summed E-state index contributed by atoms with van der Waals surface area (Å²) in [5.74, 6) is -0.891. The number of aromatic nitrogens is 1. The molecule has 0 fully saturated rings. The van der Waals surface area contributed by atoms with Gasteiger partial charge in [0, 0.05) is 16.6 Å². The monoisotopic (exact) mass is 457 g/mol. The fraction of sp³-hybridized carbons (Fsp3) is 0. The highest BCUT2D eigenvalue weighted by Gasteiger charge is 2.22. The molecule has 5 rings (SSSR count). The standard InChI is InChI=1S/C26H16FNO4S/c27-17-11-13-19(14-12-17)33-24-23(29)22-21(32-26(24)31)15-20(16-7-3-1-4-8-16)28(25(22)30)18-9-5-2-6-10-18/h1-15,29H. The van der Waals surface area contributed by atoms with E-state index in [1.807, 2.05) is 48.5 Å². The Morgan fingerprint density at radius 2 is 1.48 bits per heavy atom. The number of benzene rings is 3. The molecule has 1 N–H and O–H groups in total. The number of pyridine rings is 1. The summed E-state index contributed by atoms with van der Waals surface area (Å²) in [4.78, 5) is 26.8. The molecule has 33 heavy (non-hydrogen) atoms. The minimum atomic E-state index is -0.787. The molecule has 0 amide bonds. The predicted octanol–water partition coefficient (Wildman–Crippen LogP) is 5.61. The maximum Gasteiger partial charge on any atom is 0.354 e. The van der Waals surface area contributed by atoms with Gasteiger partial charge in [-0.15, -0.1) is 0 Å². The first-order chi connectivity index (χ1) is 16.0. The summed E-state index contributed by atoms with van der Waals surface area (Å²) in [5, 5.41) is 10.9. The molecule has 2 heterocycles. The third-order valence-corrected chi connectivity index (χ3v) is 6.20. The third-order valence-electron chi connectivity index (χ3n) is 5.13. The average molecular weight is 457 g/mol. The van der Waals surface area contributed by atoms with Crippen LogP contribution in [0.3, 0.4) is 0 Å². The van der Waals surface area contributed by atoms with Gasteiger partial charge in [0.2, 0.25) is 0 Å². The fourth-order valence-electron chi connectivity index (χ4n) is 3.61. The summed E-state index contributed by atoms with van der Waals surface area (Å²) in [7, 11) is 0. The molecule has 162 valence electrons. The van der Waals surface area contributed by atoms with Crippen LogP contribution in [0, 0.1) is 5.82 Å². The third kappa shape index (κ3) is 3.83. The summed E-state index contributed by atoms with van der Waals surface area (Å²) in [6.07, 6.45) is 0. The summed E-state index contributed by atoms with van der Waals surface area (Å²) >= 11 is 0.904. The molecule has 3 aromatic carbocycles. The number of nitrogens with zero attached hydrogens (tertiary/aromatic N) is 1. The van der Waals surface area contributed by atoms with Gasteiger partial charge < -0.3 is 9.52 Å². The second kappa shape index (κ2) is 8.44. The van der Waals surface area contributed by atoms with Gasteiger partial charge in [-0.05, 0) is 42.0 Å². The quantitative estimate of drug-likeness (QED) is 0.380. The predicted molar refractivity (Wildman–Crippen MR) is 126 cm³/mol. The van der Waals surface area contributed by atoms with Gasteiger partial charge in [0.25, 0.3) is 5.56 Å². The van der Waals surface area contributed by atoms with Crippen LogP contribution in [0.25, 0.3) is 27.9 Å². The topological polar surface area (TPSA) is 72.4 Å². The van der Waals surface area contributed by atoms with E-state index in [2.05, 4.69) is 0 Å². The van der Waals surface area contributed by atoms with Crippen molar-refractivity contribution in [2.75, 3.05) is 0 Å². The Morgan fingerprint density at radius 1 is 0.848 bits per heavy atom. The number of rotatable bonds is 4. The largest absolute Gasteiger partial charge is 0.505 e. The van der Waals surface area contributed by atoms with Crippen molar-refractivity contribution in [3.05, 3.63) is 118 Å². The lowest BCUT2D eigenvalue weighted by molar-refractivity contribution is 0.446. The molecule has 0 saturated heterocycles. The van der Waals surface area contributed by atoms with E-state index >= 15 is 0 Å². The van der Waals surface area contributed by atoms with Crippen LogP contribution in [0.5, 0.6) is 5.75 Å². The van der Waals surface area contributed by atoms with Crippen LogP contribution in [0.4, 0.5) is 4.39 Å². The zero-order valence-electron chi connectivity index (χ0n) is 17.1. The van der Waals surface area contributed by atoms with Crippen molar-refractivity contribution in [3.63, 3.8) is 0 Å². The maximum absolute atomic E-state index is 13.7. The van der Waals surface area contributed by atoms with Crippen LogP contribution < -0.4 is 11.2 Å². The van der Waals surface area contributed by atoms with E-state index < -0.39 is 22.8 Å². The van der Waals surface area contributed by atoms with Crippen LogP contribution in [0.1, 0.15) is 0 Å². The van der Waals surface area contributed by atoms with Crippen LogP contribution >= 0.6 is 11.8 Å². The molecule has 0 radical (unpaired) electrons. The molecule has 0 aliphatic rings. The molecule has 7 heteroatoms. The maximum atomic E-state index is 13.7. The summed E-state index contributed by atoms with van der Waals surface area (Å²) < 4.78 is 20.2. The van der Waals surface area contributed by atoms with Gasteiger partial charge in [-0.1, -0.05) is 60.3 Å². The van der Waals surface area contributed by atoms with E-state index in [0.717, 1.165) is 17.3 Å². The summed E-state index contributed by atoms with van der Waals surface area (Å²) in [5.41, 5.74) is 0.525. The Morgan fingerprint density at radius 3 is 2.15 bits per heavy atom. The highest BCUT2D eigenvalue weighted by molar-refractivity contribution is 7.99. The summed E-state index contributed by atoms with van der Waals surface area (Å²) in [6.45, 7) is 0. The van der Waals surface area contributed by atoms with Gasteiger partial charge >= 0.3 is 5.63 Å². The van der Waals surface area contributed by atoms with Gasteiger partial charge in [-0.3, -0.25) is 9.36 Å². The van der Waals surface area contributed by atoms with E-state index in [1.165, 1.54) is 28.8 Å². The zero-order chi connectivity index (χ0) is 22.9. The van der Waals surface area contributed by atoms with Crippen LogP contribution in [-0.4, -0.2) is 9.67 Å². The van der Waals surface area contributed by atoms with E-state index in [0.29, 0.717) is 16.3 Å². The number of halogens is 1. The van der Waals surface area contributed by atoms with Crippen molar-refractivity contribution >= 4 is 22.7 Å². The molecule has 5 nitrogen and oxygen atoms in total. The van der Waals surface area contributed by atoms with E-state index in [9.17, 15) is 19.1 Å². The van der Waals surface area contributed by atoms with Crippen molar-refractivity contribution < 1.29 is 13.9 Å². The smallest absolute Gasteiger partial charge is 0.354 e. The Balaban J connectivity index is 1.80. The van der Waals surface area contributed by atoms with Gasteiger partial charge in [0.1, 0.15) is 21.7 Å². The molecule has 0 atom stereocenters. The second-order valence-electron chi connectivity index (χ2n) is 7.23. The Labute approximate surface area is 191 Å². The lowest BCUT2D eigenvalue weighted by Crippen LogP contribution is -2.21. The minimum Gasteiger partial charge on any atom is -0.505 e. The second-order valence-corrected chi connectivity index (χ2v) is 8.32. The SMILES string of the molecule is O=c1oc2cc(-c3ccccc3)n(-c3ccccc3)c(=O)c2c(O)c1Sc1ccc(F)cc1. The molecule has 2 aromatic heterocycles. The van der Waals surface area contributed by atoms with Crippen LogP contribution in [-0.2, 0) is 0 Å². The molecule has 0 aliphatic carbocycles. The molecule has 0 bridgehead atoms. The van der Waals surface area contributed by atoms with Gasteiger partial charge in [-0.25, -0.2) is 9.18 Å². The molecule has 5 aromatic rings. The van der Waals surface area contributed by atoms with Gasteiger partial charge in [0.15, 0.2) is 5.75 Å². The molecule has 0 unspecified atom stereocenters. The molecular weight excluding hydrogens is 441 g/mol. The number of hydrogen-bond acceptors (Lipinski definition) is 5. The minimum absolute atomic E-state index is 0.0167. The van der Waals surface area contributed by atoms with Crippen molar-refractivity contribution in [3.8, 4) is 22.7 Å². The molecule has 0 aliphatic heterocycles. The first kappa shape index (κ1) is 20.8. The molecule has 0 spiro atoms. The van der Waals surface area contributed by atoms with Crippen molar-refractivity contribution in [1.82, 2.24) is 4.57 Å². The summed E-state index contributed by atoms with van der Waals surface area (Å²) in [6, 6.07) is 25.3.